The van der Waals surface area contributed by atoms with E-state index in [0.717, 1.165) is 32.5 Å². The van der Waals surface area contributed by atoms with E-state index in [0.29, 0.717) is 12.6 Å². The molecule has 0 aliphatic carbocycles. The predicted molar refractivity (Wildman–Crippen MR) is 102 cm³/mol. The second-order valence-electron chi connectivity index (χ2n) is 7.76. The average molecular weight is 364 g/mol. The fourth-order valence-corrected chi connectivity index (χ4v) is 4.16. The van der Waals surface area contributed by atoms with E-state index in [1.54, 1.807) is 0 Å². The van der Waals surface area contributed by atoms with Crippen molar-refractivity contribution in [1.82, 2.24) is 15.1 Å². The van der Waals surface area contributed by atoms with Crippen LogP contribution in [0, 0.1) is 0 Å². The third-order valence-electron chi connectivity index (χ3n) is 5.75. The first-order chi connectivity index (χ1) is 12.6. The van der Waals surface area contributed by atoms with Gasteiger partial charge in [-0.1, -0.05) is 30.3 Å². The van der Waals surface area contributed by atoms with Crippen molar-refractivity contribution in [1.29, 1.82) is 0 Å². The van der Waals surface area contributed by atoms with E-state index in [2.05, 4.69) is 34.3 Å². The third kappa shape index (κ3) is 4.82. The Balaban J connectivity index is 1.60. The molecule has 4 atom stereocenters. The molecule has 0 bridgehead atoms. The highest BCUT2D eigenvalue weighted by atomic mass is 16.5. The summed E-state index contributed by atoms with van der Waals surface area (Å²) in [6.07, 6.45) is 0.954. The minimum absolute atomic E-state index is 0.129. The minimum atomic E-state index is -0.682. The Morgan fingerprint density at radius 1 is 1.19 bits per heavy atom. The SMILES string of the molecule is CN1CCC(NC[C@@H]2O[C@@H](CO)[C@@H](O)[C@@H]2N(C)Cc2ccccc2)CC1. The van der Waals surface area contributed by atoms with E-state index in [1.807, 2.05) is 25.2 Å². The second kappa shape index (κ2) is 9.26. The molecular weight excluding hydrogens is 330 g/mol. The molecule has 0 saturated carbocycles. The van der Waals surface area contributed by atoms with Gasteiger partial charge in [-0.3, -0.25) is 4.90 Å². The summed E-state index contributed by atoms with van der Waals surface area (Å²) in [5, 5.41) is 23.9. The molecule has 0 aromatic heterocycles. The highest BCUT2D eigenvalue weighted by molar-refractivity contribution is 5.15. The number of likely N-dealkylation sites (tertiary alicyclic amines) is 1. The lowest BCUT2D eigenvalue weighted by Gasteiger charge is -2.33. The summed E-state index contributed by atoms with van der Waals surface area (Å²) in [4.78, 5) is 4.50. The standard InChI is InChI=1S/C20H33N3O3/c1-22-10-8-16(9-11-22)21-12-17-19(20(25)18(14-24)26-17)23(2)13-15-6-4-3-5-7-15/h3-7,16-21,24-25H,8-14H2,1-2H3/t17-,18-,19+,20+/m0/s1. The maximum atomic E-state index is 10.7. The first kappa shape index (κ1) is 19.7. The molecule has 6 heteroatoms. The molecule has 146 valence electrons. The van der Waals surface area contributed by atoms with E-state index in [1.165, 1.54) is 5.56 Å². The monoisotopic (exact) mass is 363 g/mol. The molecule has 2 aliphatic heterocycles. The number of hydrogen-bond acceptors (Lipinski definition) is 6. The number of nitrogens with one attached hydrogen (secondary N) is 1. The van der Waals surface area contributed by atoms with Gasteiger partial charge in [-0.25, -0.2) is 0 Å². The molecule has 2 heterocycles. The lowest BCUT2D eigenvalue weighted by Crippen LogP contribution is -2.50. The number of likely N-dealkylation sites (N-methyl/N-ethyl adjacent to an activating group) is 1. The van der Waals surface area contributed by atoms with Crippen LogP contribution in [0.2, 0.25) is 0 Å². The maximum Gasteiger partial charge on any atom is 0.109 e. The molecule has 2 saturated heterocycles. The van der Waals surface area contributed by atoms with Crippen molar-refractivity contribution in [2.45, 2.75) is 49.8 Å². The summed E-state index contributed by atoms with van der Waals surface area (Å²) < 4.78 is 5.99. The Kier molecular flexibility index (Phi) is 7.03. The van der Waals surface area contributed by atoms with Crippen LogP contribution in [-0.4, -0.2) is 90.7 Å². The second-order valence-corrected chi connectivity index (χ2v) is 7.76. The normalized spacial score (nSPS) is 31.0. The van der Waals surface area contributed by atoms with Crippen molar-refractivity contribution in [3.63, 3.8) is 0 Å². The van der Waals surface area contributed by atoms with Crippen LogP contribution in [0.25, 0.3) is 0 Å². The maximum absolute atomic E-state index is 10.7. The van der Waals surface area contributed by atoms with Crippen molar-refractivity contribution in [3.05, 3.63) is 35.9 Å². The van der Waals surface area contributed by atoms with E-state index >= 15 is 0 Å². The number of rotatable bonds is 7. The van der Waals surface area contributed by atoms with E-state index in [4.69, 9.17) is 4.74 Å². The Hall–Kier alpha value is -1.02. The Morgan fingerprint density at radius 2 is 1.88 bits per heavy atom. The van der Waals surface area contributed by atoms with Gasteiger partial charge in [0, 0.05) is 19.1 Å². The number of aliphatic hydroxyl groups is 2. The topological polar surface area (TPSA) is 68.2 Å². The number of hydrogen-bond donors (Lipinski definition) is 3. The molecule has 3 N–H and O–H groups in total. The summed E-state index contributed by atoms with van der Waals surface area (Å²) in [7, 11) is 4.18. The Bertz CT molecular complexity index is 536. The number of aliphatic hydroxyl groups excluding tert-OH is 2. The van der Waals surface area contributed by atoms with Gasteiger partial charge in [-0.15, -0.1) is 0 Å². The number of piperidine rings is 1. The van der Waals surface area contributed by atoms with Crippen LogP contribution >= 0.6 is 0 Å². The first-order valence-corrected chi connectivity index (χ1v) is 9.69. The van der Waals surface area contributed by atoms with Crippen LogP contribution < -0.4 is 5.32 Å². The molecule has 1 aromatic rings. The molecule has 0 amide bonds. The van der Waals surface area contributed by atoms with Gasteiger partial charge in [-0.05, 0) is 45.6 Å². The summed E-state index contributed by atoms with van der Waals surface area (Å²) in [5.74, 6) is 0. The molecule has 0 radical (unpaired) electrons. The van der Waals surface area contributed by atoms with E-state index in [9.17, 15) is 10.2 Å². The van der Waals surface area contributed by atoms with Crippen LogP contribution in [0.5, 0.6) is 0 Å². The van der Waals surface area contributed by atoms with Crippen LogP contribution in [0.4, 0.5) is 0 Å². The van der Waals surface area contributed by atoms with Gasteiger partial charge in [-0.2, -0.15) is 0 Å². The largest absolute Gasteiger partial charge is 0.394 e. The van der Waals surface area contributed by atoms with Crippen molar-refractivity contribution in [2.24, 2.45) is 0 Å². The van der Waals surface area contributed by atoms with Crippen molar-refractivity contribution < 1.29 is 14.9 Å². The minimum Gasteiger partial charge on any atom is -0.394 e. The van der Waals surface area contributed by atoms with Crippen molar-refractivity contribution in [2.75, 3.05) is 40.3 Å². The van der Waals surface area contributed by atoms with Crippen LogP contribution in [0.3, 0.4) is 0 Å². The van der Waals surface area contributed by atoms with E-state index in [-0.39, 0.29) is 18.8 Å². The molecule has 0 unspecified atom stereocenters. The number of benzene rings is 1. The lowest BCUT2D eigenvalue weighted by molar-refractivity contribution is -0.0221. The van der Waals surface area contributed by atoms with Crippen molar-refractivity contribution >= 4 is 0 Å². The predicted octanol–water partition coefficient (Wildman–Crippen LogP) is 0.291. The van der Waals surface area contributed by atoms with Gasteiger partial charge in [0.05, 0.1) is 18.8 Å². The smallest absolute Gasteiger partial charge is 0.109 e. The molecular formula is C20H33N3O3. The summed E-state index contributed by atoms with van der Waals surface area (Å²) in [5.41, 5.74) is 1.21. The molecule has 3 rings (SSSR count). The van der Waals surface area contributed by atoms with Gasteiger partial charge in [0.25, 0.3) is 0 Å². The highest BCUT2D eigenvalue weighted by Crippen LogP contribution is 2.26. The van der Waals surface area contributed by atoms with Gasteiger partial charge in [0.15, 0.2) is 0 Å². The Morgan fingerprint density at radius 3 is 2.54 bits per heavy atom. The first-order valence-electron chi connectivity index (χ1n) is 9.69. The molecule has 2 fully saturated rings. The zero-order valence-corrected chi connectivity index (χ0v) is 15.9. The molecule has 0 spiro atoms. The fourth-order valence-electron chi connectivity index (χ4n) is 4.16. The van der Waals surface area contributed by atoms with Gasteiger partial charge < -0.3 is 25.2 Å². The summed E-state index contributed by atoms with van der Waals surface area (Å²) in [6, 6.07) is 10.6. The molecule has 6 nitrogen and oxygen atoms in total. The van der Waals surface area contributed by atoms with Gasteiger partial charge in [0.2, 0.25) is 0 Å². The van der Waals surface area contributed by atoms with Crippen LogP contribution in [0.15, 0.2) is 30.3 Å². The van der Waals surface area contributed by atoms with Crippen LogP contribution in [-0.2, 0) is 11.3 Å². The van der Waals surface area contributed by atoms with E-state index < -0.39 is 12.2 Å². The van der Waals surface area contributed by atoms with Gasteiger partial charge >= 0.3 is 0 Å². The summed E-state index contributed by atoms with van der Waals surface area (Å²) in [6.45, 7) is 3.52. The number of ether oxygens (including phenoxy) is 1. The van der Waals surface area contributed by atoms with Crippen LogP contribution in [0.1, 0.15) is 18.4 Å². The highest BCUT2D eigenvalue weighted by Gasteiger charge is 2.45. The molecule has 2 aliphatic rings. The van der Waals surface area contributed by atoms with Crippen molar-refractivity contribution in [3.8, 4) is 0 Å². The quantitative estimate of drug-likeness (QED) is 0.647. The Labute approximate surface area is 156 Å². The lowest BCUT2D eigenvalue weighted by atomic mass is 10.0. The average Bonchev–Trinajstić information content (AvgIpc) is 2.97. The number of nitrogens with zero attached hydrogens (tertiary/aromatic N) is 2. The molecule has 26 heavy (non-hydrogen) atoms. The third-order valence-corrected chi connectivity index (χ3v) is 5.75. The molecule has 1 aromatic carbocycles. The fraction of sp³-hybridized carbons (Fsp3) is 0.700. The van der Waals surface area contributed by atoms with Gasteiger partial charge in [0.1, 0.15) is 12.2 Å². The zero-order valence-electron chi connectivity index (χ0n) is 15.9. The summed E-state index contributed by atoms with van der Waals surface area (Å²) >= 11 is 0. The zero-order chi connectivity index (χ0) is 18.5.